The van der Waals surface area contributed by atoms with E-state index in [1.807, 2.05) is 27.7 Å². The van der Waals surface area contributed by atoms with Gasteiger partial charge in [-0.1, -0.05) is 39.3 Å². The molecular weight excluding hydrogens is 258 g/mol. The Morgan fingerprint density at radius 2 is 1.53 bits per heavy atom. The average Bonchev–Trinajstić information content (AvgIpc) is 2.14. The van der Waals surface area contributed by atoms with E-state index in [2.05, 4.69) is 0 Å². The summed E-state index contributed by atoms with van der Waals surface area (Å²) in [7, 11) is -3.71. The molecule has 0 aliphatic carbocycles. The number of primary sulfonamides is 1. The lowest BCUT2D eigenvalue weighted by Crippen LogP contribution is -2.16. The fourth-order valence-electron chi connectivity index (χ4n) is 1.72. The first-order valence-electron chi connectivity index (χ1n) is 5.50. The molecule has 0 saturated heterocycles. The van der Waals surface area contributed by atoms with Gasteiger partial charge in [0.1, 0.15) is 0 Å². The third kappa shape index (κ3) is 3.21. The van der Waals surface area contributed by atoms with Crippen LogP contribution in [0.2, 0.25) is 5.02 Å². The molecule has 96 valence electrons. The molecule has 0 radical (unpaired) electrons. The molecule has 0 fully saturated rings. The van der Waals surface area contributed by atoms with Crippen molar-refractivity contribution in [3.05, 3.63) is 28.3 Å². The van der Waals surface area contributed by atoms with Crippen molar-refractivity contribution in [1.29, 1.82) is 0 Å². The van der Waals surface area contributed by atoms with Gasteiger partial charge in [-0.3, -0.25) is 0 Å². The topological polar surface area (TPSA) is 60.2 Å². The van der Waals surface area contributed by atoms with Gasteiger partial charge in [-0.25, -0.2) is 13.6 Å². The maximum atomic E-state index is 11.6. The van der Waals surface area contributed by atoms with Crippen LogP contribution in [-0.2, 0) is 10.0 Å². The van der Waals surface area contributed by atoms with Crippen LogP contribution in [0.5, 0.6) is 0 Å². The minimum atomic E-state index is -3.71. The van der Waals surface area contributed by atoms with Crippen molar-refractivity contribution >= 4 is 21.6 Å². The van der Waals surface area contributed by atoms with E-state index in [9.17, 15) is 8.42 Å². The Kier molecular flexibility index (Phi) is 4.23. The maximum Gasteiger partial charge on any atom is 0.238 e. The second-order valence-corrected chi connectivity index (χ2v) is 6.70. The molecule has 5 heteroatoms. The number of benzene rings is 1. The molecule has 0 spiro atoms. The van der Waals surface area contributed by atoms with Crippen LogP contribution in [0.15, 0.2) is 17.0 Å². The van der Waals surface area contributed by atoms with Gasteiger partial charge in [-0.15, -0.1) is 0 Å². The first-order chi connectivity index (χ1) is 7.64. The predicted octanol–water partition coefficient (Wildman–Crippen LogP) is 3.23. The highest BCUT2D eigenvalue weighted by molar-refractivity contribution is 7.89. The van der Waals surface area contributed by atoms with Crippen LogP contribution in [0.3, 0.4) is 0 Å². The molecule has 3 nitrogen and oxygen atoms in total. The third-order valence-corrected chi connectivity index (χ3v) is 3.97. The Labute approximate surface area is 108 Å². The number of halogens is 1. The Morgan fingerprint density at radius 3 is 1.88 bits per heavy atom. The summed E-state index contributed by atoms with van der Waals surface area (Å²) in [6, 6.07) is 3.30. The van der Waals surface area contributed by atoms with Crippen molar-refractivity contribution in [2.45, 2.75) is 44.4 Å². The molecule has 0 heterocycles. The number of nitrogens with two attached hydrogens (primary N) is 1. The van der Waals surface area contributed by atoms with Crippen LogP contribution in [0.25, 0.3) is 0 Å². The highest BCUT2D eigenvalue weighted by Crippen LogP contribution is 2.32. The van der Waals surface area contributed by atoms with Crippen molar-refractivity contribution in [2.24, 2.45) is 5.14 Å². The summed E-state index contributed by atoms with van der Waals surface area (Å²) in [5, 5.41) is 5.84. The molecule has 17 heavy (non-hydrogen) atoms. The summed E-state index contributed by atoms with van der Waals surface area (Å²) in [4.78, 5) is 0.181. The third-order valence-electron chi connectivity index (χ3n) is 2.68. The van der Waals surface area contributed by atoms with Crippen molar-refractivity contribution in [3.8, 4) is 0 Å². The first-order valence-corrected chi connectivity index (χ1v) is 7.43. The molecule has 1 rings (SSSR count). The Bertz CT molecular complexity index is 522. The molecule has 0 bridgehead atoms. The normalized spacial score (nSPS) is 12.5. The number of sulfonamides is 1. The quantitative estimate of drug-likeness (QED) is 0.921. The van der Waals surface area contributed by atoms with Crippen molar-refractivity contribution in [3.63, 3.8) is 0 Å². The fraction of sp³-hybridized carbons (Fsp3) is 0.500. The highest BCUT2D eigenvalue weighted by atomic mass is 35.5. The molecule has 0 atom stereocenters. The number of hydrogen-bond donors (Lipinski definition) is 1. The minimum absolute atomic E-state index is 0.0574. The maximum absolute atomic E-state index is 11.6. The van der Waals surface area contributed by atoms with Gasteiger partial charge >= 0.3 is 0 Å². The van der Waals surface area contributed by atoms with Gasteiger partial charge < -0.3 is 0 Å². The van der Waals surface area contributed by atoms with E-state index in [0.29, 0.717) is 10.6 Å². The highest BCUT2D eigenvalue weighted by Gasteiger charge is 2.20. The van der Waals surface area contributed by atoms with Crippen LogP contribution in [0.4, 0.5) is 0 Å². The minimum Gasteiger partial charge on any atom is -0.225 e. The molecule has 1 aromatic carbocycles. The Morgan fingerprint density at radius 1 is 1.06 bits per heavy atom. The van der Waals surface area contributed by atoms with Gasteiger partial charge in [0.15, 0.2) is 0 Å². The first kappa shape index (κ1) is 14.5. The Hall–Kier alpha value is -0.580. The predicted molar refractivity (Wildman–Crippen MR) is 71.0 cm³/mol. The fourth-order valence-corrected chi connectivity index (χ4v) is 3.03. The zero-order valence-electron chi connectivity index (χ0n) is 10.5. The SMILES string of the molecule is CC(C)c1cc(S(N)(=O)=O)c(C(C)C)cc1Cl. The van der Waals surface area contributed by atoms with E-state index in [-0.39, 0.29) is 16.7 Å². The Balaban J connectivity index is 3.60. The largest absolute Gasteiger partial charge is 0.238 e. The lowest BCUT2D eigenvalue weighted by molar-refractivity contribution is 0.595. The van der Waals surface area contributed by atoms with Crippen molar-refractivity contribution in [2.75, 3.05) is 0 Å². The van der Waals surface area contributed by atoms with E-state index in [1.165, 1.54) is 0 Å². The lowest BCUT2D eigenvalue weighted by Gasteiger charge is -2.16. The summed E-state index contributed by atoms with van der Waals surface area (Å²) in [5.74, 6) is 0.214. The summed E-state index contributed by atoms with van der Waals surface area (Å²) in [6.45, 7) is 7.75. The van der Waals surface area contributed by atoms with Crippen LogP contribution in [0, 0.1) is 0 Å². The molecular formula is C12H18ClNO2S. The van der Waals surface area contributed by atoms with Gasteiger partial charge in [-0.2, -0.15) is 0 Å². The zero-order valence-corrected chi connectivity index (χ0v) is 12.1. The molecule has 1 aromatic rings. The van der Waals surface area contributed by atoms with E-state index in [4.69, 9.17) is 16.7 Å². The molecule has 0 aromatic heterocycles. The molecule has 0 amide bonds. The van der Waals surface area contributed by atoms with E-state index in [1.54, 1.807) is 12.1 Å². The average molecular weight is 276 g/mol. The van der Waals surface area contributed by atoms with Gasteiger partial charge in [0.05, 0.1) is 4.90 Å². The van der Waals surface area contributed by atoms with E-state index in [0.717, 1.165) is 5.56 Å². The van der Waals surface area contributed by atoms with Crippen LogP contribution < -0.4 is 5.14 Å². The van der Waals surface area contributed by atoms with Gasteiger partial charge in [0.25, 0.3) is 0 Å². The molecule has 0 aliphatic rings. The van der Waals surface area contributed by atoms with Crippen molar-refractivity contribution in [1.82, 2.24) is 0 Å². The molecule has 0 unspecified atom stereocenters. The monoisotopic (exact) mass is 275 g/mol. The van der Waals surface area contributed by atoms with Crippen LogP contribution in [-0.4, -0.2) is 8.42 Å². The molecule has 0 saturated carbocycles. The second kappa shape index (κ2) is 4.96. The van der Waals surface area contributed by atoms with Gasteiger partial charge in [-0.05, 0) is 35.1 Å². The lowest BCUT2D eigenvalue weighted by atomic mass is 9.97. The standard InChI is InChI=1S/C12H18ClNO2S/c1-7(2)9-6-12(17(14,15)16)10(8(3)4)5-11(9)13/h5-8H,1-4H3,(H2,14,15,16). The number of hydrogen-bond acceptors (Lipinski definition) is 2. The van der Waals surface area contributed by atoms with Crippen LogP contribution in [0.1, 0.15) is 50.7 Å². The number of rotatable bonds is 3. The summed E-state index contributed by atoms with van der Waals surface area (Å²) < 4.78 is 23.2. The molecule has 0 aliphatic heterocycles. The zero-order chi connectivity index (χ0) is 13.4. The van der Waals surface area contributed by atoms with E-state index < -0.39 is 10.0 Å². The molecule has 2 N–H and O–H groups in total. The second-order valence-electron chi connectivity index (χ2n) is 4.77. The smallest absolute Gasteiger partial charge is 0.225 e. The van der Waals surface area contributed by atoms with Gasteiger partial charge in [0.2, 0.25) is 10.0 Å². The summed E-state index contributed by atoms with van der Waals surface area (Å²) >= 11 is 6.15. The van der Waals surface area contributed by atoms with Crippen molar-refractivity contribution < 1.29 is 8.42 Å². The van der Waals surface area contributed by atoms with E-state index >= 15 is 0 Å². The van der Waals surface area contributed by atoms with Crippen LogP contribution >= 0.6 is 11.6 Å². The summed E-state index contributed by atoms with van der Waals surface area (Å²) in [6.07, 6.45) is 0. The van der Waals surface area contributed by atoms with Gasteiger partial charge in [0, 0.05) is 5.02 Å². The summed E-state index contributed by atoms with van der Waals surface area (Å²) in [5.41, 5.74) is 1.47.